The molecule has 3 N–H and O–H groups in total. The molecule has 1 aliphatic carbocycles. The highest BCUT2D eigenvalue weighted by atomic mass is 16.2. The molecule has 19 heavy (non-hydrogen) atoms. The summed E-state index contributed by atoms with van der Waals surface area (Å²) in [6, 6.07) is 8.01. The summed E-state index contributed by atoms with van der Waals surface area (Å²) >= 11 is 0. The maximum atomic E-state index is 12.3. The molecular weight excluding hydrogens is 240 g/mol. The molecule has 0 radical (unpaired) electrons. The number of nitrogen functional groups attached to an aromatic ring is 1. The molecular formula is C14H16N4O. The van der Waals surface area contributed by atoms with E-state index in [2.05, 4.69) is 16.5 Å². The Balaban J connectivity index is 1.81. The second-order valence-electron chi connectivity index (χ2n) is 4.92. The minimum Gasteiger partial charge on any atom is -0.394 e. The monoisotopic (exact) mass is 256 g/mol. The lowest BCUT2D eigenvalue weighted by Gasteiger charge is -2.28. The lowest BCUT2D eigenvalue weighted by atomic mass is 9.77. The maximum Gasteiger partial charge on any atom is 0.233 e. The van der Waals surface area contributed by atoms with Crippen LogP contribution >= 0.6 is 0 Å². The minimum absolute atomic E-state index is 0.0200. The number of fused-ring (bicyclic) bond motifs is 1. The number of amides is 1. The number of aryl methyl sites for hydroxylation is 2. The van der Waals surface area contributed by atoms with Crippen molar-refractivity contribution >= 4 is 17.4 Å². The van der Waals surface area contributed by atoms with Crippen molar-refractivity contribution in [1.29, 1.82) is 0 Å². The number of hydrogen-bond acceptors (Lipinski definition) is 3. The van der Waals surface area contributed by atoms with Gasteiger partial charge in [-0.1, -0.05) is 24.3 Å². The summed E-state index contributed by atoms with van der Waals surface area (Å²) in [5.74, 6) is 0.478. The minimum atomic E-state index is -0.0780. The number of rotatable bonds is 2. The number of carbonyl (C=O) groups excluding carboxylic acids is 1. The van der Waals surface area contributed by atoms with Gasteiger partial charge in [0.25, 0.3) is 0 Å². The Kier molecular flexibility index (Phi) is 2.55. The van der Waals surface area contributed by atoms with Crippen molar-refractivity contribution in [1.82, 2.24) is 9.78 Å². The first-order valence-electron chi connectivity index (χ1n) is 6.25. The van der Waals surface area contributed by atoms with Crippen LogP contribution in [-0.2, 0) is 18.3 Å². The highest BCUT2D eigenvalue weighted by molar-refractivity contribution is 5.99. The molecule has 1 unspecified atom stereocenters. The molecule has 1 aliphatic rings. The smallest absolute Gasteiger partial charge is 0.233 e. The topological polar surface area (TPSA) is 72.9 Å². The lowest BCUT2D eigenvalue weighted by molar-refractivity contribution is -0.118. The fourth-order valence-electron chi connectivity index (χ4n) is 2.52. The Labute approximate surface area is 111 Å². The van der Waals surface area contributed by atoms with Gasteiger partial charge in [0.15, 0.2) is 5.82 Å². The van der Waals surface area contributed by atoms with Gasteiger partial charge in [-0.2, -0.15) is 5.10 Å². The van der Waals surface area contributed by atoms with Gasteiger partial charge in [-0.05, 0) is 24.5 Å². The number of nitrogens with one attached hydrogen (secondary N) is 1. The molecule has 0 aliphatic heterocycles. The number of nitrogens with two attached hydrogens (primary N) is 1. The zero-order chi connectivity index (χ0) is 13.6. The average Bonchev–Trinajstić information content (AvgIpc) is 2.58. The van der Waals surface area contributed by atoms with Crippen LogP contribution in [0.25, 0.3) is 0 Å². The van der Waals surface area contributed by atoms with Crippen LogP contribution in [-0.4, -0.2) is 15.7 Å². The molecule has 1 atom stereocenters. The Hall–Kier alpha value is -2.30. The third-order valence-electron chi connectivity index (χ3n) is 3.68. The largest absolute Gasteiger partial charge is 0.394 e. The molecule has 0 saturated carbocycles. The number of hydrogen-bond donors (Lipinski definition) is 2. The predicted molar refractivity (Wildman–Crippen MR) is 73.9 cm³/mol. The van der Waals surface area contributed by atoms with Crippen molar-refractivity contribution in [3.05, 3.63) is 41.1 Å². The number of carbonyl (C=O) groups is 1. The van der Waals surface area contributed by atoms with Gasteiger partial charge in [0.2, 0.25) is 5.91 Å². The second-order valence-corrected chi connectivity index (χ2v) is 4.92. The van der Waals surface area contributed by atoms with Gasteiger partial charge in [-0.25, -0.2) is 0 Å². The Bertz CT molecular complexity index is 659. The lowest BCUT2D eigenvalue weighted by Crippen LogP contribution is -2.30. The van der Waals surface area contributed by atoms with Gasteiger partial charge >= 0.3 is 0 Å². The molecule has 0 fully saturated rings. The summed E-state index contributed by atoms with van der Waals surface area (Å²) in [6.07, 6.45) is 0.790. The zero-order valence-electron chi connectivity index (χ0n) is 11.0. The van der Waals surface area contributed by atoms with E-state index in [0.717, 1.165) is 17.7 Å². The van der Waals surface area contributed by atoms with Crippen LogP contribution in [0.1, 0.15) is 22.7 Å². The Morgan fingerprint density at radius 3 is 2.84 bits per heavy atom. The summed E-state index contributed by atoms with van der Waals surface area (Å²) < 4.78 is 1.60. The number of anilines is 2. The first-order valence-corrected chi connectivity index (χ1v) is 6.25. The number of nitrogens with zero attached hydrogens (tertiary/aromatic N) is 2. The van der Waals surface area contributed by atoms with Gasteiger partial charge in [0.05, 0.1) is 17.3 Å². The number of aromatic nitrogens is 2. The van der Waals surface area contributed by atoms with E-state index in [1.54, 1.807) is 11.7 Å². The van der Waals surface area contributed by atoms with Crippen molar-refractivity contribution in [2.75, 3.05) is 11.1 Å². The standard InChI is InChI=1S/C14H16N4O/c1-8-12(15)13(18(2)17-8)16-14(19)11-7-9-5-3-4-6-10(9)11/h3-6,11H,7,15H2,1-2H3,(H,16,19). The predicted octanol–water partition coefficient (Wildman–Crippen LogP) is 1.59. The van der Waals surface area contributed by atoms with E-state index < -0.39 is 0 Å². The van der Waals surface area contributed by atoms with Crippen molar-refractivity contribution in [2.45, 2.75) is 19.3 Å². The summed E-state index contributed by atoms with van der Waals surface area (Å²) in [5, 5.41) is 7.07. The first kappa shape index (κ1) is 11.8. The van der Waals surface area contributed by atoms with Gasteiger partial charge < -0.3 is 11.1 Å². The van der Waals surface area contributed by atoms with Gasteiger partial charge in [-0.15, -0.1) is 0 Å². The summed E-state index contributed by atoms with van der Waals surface area (Å²) in [5.41, 5.74) is 9.52. The molecule has 1 amide bonds. The molecule has 0 saturated heterocycles. The molecule has 1 heterocycles. The van der Waals surface area contributed by atoms with Gasteiger partial charge in [0, 0.05) is 7.05 Å². The Morgan fingerprint density at radius 1 is 1.47 bits per heavy atom. The third kappa shape index (κ3) is 1.78. The quantitative estimate of drug-likeness (QED) is 0.857. The summed E-state index contributed by atoms with van der Waals surface area (Å²) in [4.78, 5) is 12.3. The van der Waals surface area contributed by atoms with Crippen LogP contribution in [0.15, 0.2) is 24.3 Å². The van der Waals surface area contributed by atoms with Gasteiger partial charge in [0.1, 0.15) is 0 Å². The normalized spacial score (nSPS) is 16.6. The van der Waals surface area contributed by atoms with Crippen LogP contribution in [0, 0.1) is 6.92 Å². The van der Waals surface area contributed by atoms with Crippen LogP contribution in [0.5, 0.6) is 0 Å². The van der Waals surface area contributed by atoms with E-state index in [-0.39, 0.29) is 11.8 Å². The molecule has 5 nitrogen and oxygen atoms in total. The highest BCUT2D eigenvalue weighted by Gasteiger charge is 2.32. The zero-order valence-corrected chi connectivity index (χ0v) is 11.0. The van der Waals surface area contributed by atoms with Crippen LogP contribution in [0.3, 0.4) is 0 Å². The van der Waals surface area contributed by atoms with Crippen molar-refractivity contribution in [3.8, 4) is 0 Å². The van der Waals surface area contributed by atoms with Gasteiger partial charge in [-0.3, -0.25) is 9.48 Å². The molecule has 2 aromatic rings. The van der Waals surface area contributed by atoms with E-state index >= 15 is 0 Å². The number of benzene rings is 1. The van der Waals surface area contributed by atoms with Crippen molar-refractivity contribution in [2.24, 2.45) is 7.05 Å². The fourth-order valence-corrected chi connectivity index (χ4v) is 2.52. The van der Waals surface area contributed by atoms with Crippen LogP contribution in [0.4, 0.5) is 11.5 Å². The van der Waals surface area contributed by atoms with E-state index in [1.165, 1.54) is 5.56 Å². The van der Waals surface area contributed by atoms with Crippen molar-refractivity contribution < 1.29 is 4.79 Å². The first-order chi connectivity index (χ1) is 9.08. The molecule has 0 spiro atoms. The third-order valence-corrected chi connectivity index (χ3v) is 3.68. The fraction of sp³-hybridized carbons (Fsp3) is 0.286. The molecule has 1 aromatic carbocycles. The van der Waals surface area contributed by atoms with Crippen molar-refractivity contribution in [3.63, 3.8) is 0 Å². The summed E-state index contributed by atoms with van der Waals surface area (Å²) in [7, 11) is 1.77. The SMILES string of the molecule is Cc1nn(C)c(NC(=O)C2Cc3ccccc32)c1N. The molecule has 98 valence electrons. The van der Waals surface area contributed by atoms with E-state index in [0.29, 0.717) is 11.5 Å². The maximum absolute atomic E-state index is 12.3. The summed E-state index contributed by atoms with van der Waals surface area (Å²) in [6.45, 7) is 1.82. The Morgan fingerprint density at radius 2 is 2.21 bits per heavy atom. The second kappa shape index (κ2) is 4.12. The van der Waals surface area contributed by atoms with E-state index in [4.69, 9.17) is 5.73 Å². The highest BCUT2D eigenvalue weighted by Crippen LogP contribution is 2.36. The molecule has 0 bridgehead atoms. The van der Waals surface area contributed by atoms with E-state index in [1.807, 2.05) is 25.1 Å². The molecule has 3 rings (SSSR count). The van der Waals surface area contributed by atoms with Crippen LogP contribution < -0.4 is 11.1 Å². The van der Waals surface area contributed by atoms with Crippen LogP contribution in [0.2, 0.25) is 0 Å². The molecule has 5 heteroatoms. The average molecular weight is 256 g/mol. The molecule has 1 aromatic heterocycles. The van der Waals surface area contributed by atoms with E-state index in [9.17, 15) is 4.79 Å².